The molecule has 150 valence electrons. The van der Waals surface area contributed by atoms with Crippen LogP contribution in [0.4, 0.5) is 13.2 Å². The van der Waals surface area contributed by atoms with E-state index < -0.39 is 11.7 Å². The average molecular weight is 439 g/mol. The molecular weight excluding hydrogens is 427 g/mol. The number of hydrogen-bond acceptors (Lipinski definition) is 9. The molecule has 0 saturated carbocycles. The van der Waals surface area contributed by atoms with E-state index in [2.05, 4.69) is 25.3 Å². The summed E-state index contributed by atoms with van der Waals surface area (Å²) < 4.78 is 48.6. The van der Waals surface area contributed by atoms with Crippen LogP contribution in [0, 0.1) is 6.92 Å². The number of thiazole rings is 1. The minimum atomic E-state index is -4.39. The second kappa shape index (κ2) is 7.95. The number of alkyl halides is 3. The fourth-order valence-corrected chi connectivity index (χ4v) is 3.61. The van der Waals surface area contributed by atoms with Gasteiger partial charge in [-0.2, -0.15) is 18.2 Å². The zero-order chi connectivity index (χ0) is 20.4. The van der Waals surface area contributed by atoms with Crippen molar-refractivity contribution in [3.8, 4) is 11.4 Å². The van der Waals surface area contributed by atoms with Crippen molar-refractivity contribution in [3.05, 3.63) is 57.7 Å². The van der Waals surface area contributed by atoms with Gasteiger partial charge in [-0.15, -0.1) is 21.5 Å². The fraction of sp³-hybridized carbons (Fsp3) is 0.235. The van der Waals surface area contributed by atoms with Crippen LogP contribution in [-0.2, 0) is 18.3 Å². The number of nitrogens with zero attached hydrogens (tertiary/aromatic N) is 5. The van der Waals surface area contributed by atoms with Gasteiger partial charge in [0.1, 0.15) is 0 Å². The van der Waals surface area contributed by atoms with E-state index in [4.69, 9.17) is 8.94 Å². The first-order chi connectivity index (χ1) is 13.9. The third-order valence-corrected chi connectivity index (χ3v) is 5.33. The van der Waals surface area contributed by atoms with Crippen LogP contribution in [0.5, 0.6) is 0 Å². The molecule has 0 unspecified atom stereocenters. The number of thioether (sulfide) groups is 1. The standard InChI is InChI=1S/C17H12F3N5O2S2/c1-9-21-12(7-28-9)6-13-23-24-16(26-13)29-8-14-22-15(25-27-14)10-2-4-11(5-3-10)17(18,19)20/h2-5,7H,6,8H2,1H3. The van der Waals surface area contributed by atoms with E-state index in [0.29, 0.717) is 29.0 Å². The smallest absolute Gasteiger partial charge is 0.416 e. The van der Waals surface area contributed by atoms with Crippen LogP contribution in [0.3, 0.4) is 0 Å². The highest BCUT2D eigenvalue weighted by molar-refractivity contribution is 7.98. The second-order valence-corrected chi connectivity index (χ2v) is 7.86. The second-order valence-electron chi connectivity index (χ2n) is 5.87. The molecule has 3 heterocycles. The molecule has 4 rings (SSSR count). The maximum atomic E-state index is 12.6. The lowest BCUT2D eigenvalue weighted by Crippen LogP contribution is -2.04. The summed E-state index contributed by atoms with van der Waals surface area (Å²) in [7, 11) is 0. The lowest BCUT2D eigenvalue weighted by Gasteiger charge is -2.05. The molecule has 0 spiro atoms. The van der Waals surface area contributed by atoms with Gasteiger partial charge in [-0.25, -0.2) is 4.98 Å². The third kappa shape index (κ3) is 4.82. The highest BCUT2D eigenvalue weighted by Gasteiger charge is 2.30. The number of halogens is 3. The summed E-state index contributed by atoms with van der Waals surface area (Å²) in [6.45, 7) is 1.92. The molecule has 0 atom stereocenters. The van der Waals surface area contributed by atoms with Crippen molar-refractivity contribution in [2.75, 3.05) is 0 Å². The molecule has 4 aromatic rings. The van der Waals surface area contributed by atoms with Gasteiger partial charge in [0.15, 0.2) is 0 Å². The van der Waals surface area contributed by atoms with Crippen molar-refractivity contribution in [2.24, 2.45) is 0 Å². The molecular formula is C17H12F3N5O2S2. The van der Waals surface area contributed by atoms with Gasteiger partial charge in [0.2, 0.25) is 17.6 Å². The molecule has 0 amide bonds. The van der Waals surface area contributed by atoms with Crippen LogP contribution in [-0.4, -0.2) is 25.3 Å². The average Bonchev–Trinajstić information content (AvgIpc) is 3.41. The summed E-state index contributed by atoms with van der Waals surface area (Å²) in [5, 5.41) is 15.0. The highest BCUT2D eigenvalue weighted by atomic mass is 32.2. The quantitative estimate of drug-likeness (QED) is 0.396. The summed E-state index contributed by atoms with van der Waals surface area (Å²) >= 11 is 2.77. The summed E-state index contributed by atoms with van der Waals surface area (Å²) in [5.41, 5.74) is 0.558. The number of benzene rings is 1. The first-order valence-electron chi connectivity index (χ1n) is 8.23. The molecule has 0 fully saturated rings. The molecule has 0 bridgehead atoms. The monoisotopic (exact) mass is 439 g/mol. The predicted octanol–water partition coefficient (Wildman–Crippen LogP) is 4.79. The number of aromatic nitrogens is 5. The molecule has 0 aliphatic heterocycles. The Morgan fingerprint density at radius 1 is 1.07 bits per heavy atom. The highest BCUT2D eigenvalue weighted by Crippen LogP contribution is 2.30. The minimum Gasteiger partial charge on any atom is -0.416 e. The summed E-state index contributed by atoms with van der Waals surface area (Å²) in [5.74, 6) is 1.23. The summed E-state index contributed by atoms with van der Waals surface area (Å²) in [6.07, 6.45) is -3.94. The van der Waals surface area contributed by atoms with Gasteiger partial charge >= 0.3 is 6.18 Å². The van der Waals surface area contributed by atoms with Crippen molar-refractivity contribution >= 4 is 23.1 Å². The van der Waals surface area contributed by atoms with Crippen LogP contribution in [0.1, 0.15) is 28.0 Å². The maximum Gasteiger partial charge on any atom is 0.416 e. The zero-order valence-electron chi connectivity index (χ0n) is 14.8. The molecule has 0 aliphatic rings. The third-order valence-electron chi connectivity index (χ3n) is 3.70. The number of rotatable bonds is 6. The van der Waals surface area contributed by atoms with Crippen LogP contribution in [0.2, 0.25) is 0 Å². The Labute approximate surface area is 170 Å². The van der Waals surface area contributed by atoms with Crippen LogP contribution >= 0.6 is 23.1 Å². The Balaban J connectivity index is 1.36. The molecule has 3 aromatic heterocycles. The first-order valence-corrected chi connectivity index (χ1v) is 10.1. The molecule has 1 aromatic carbocycles. The van der Waals surface area contributed by atoms with E-state index in [0.717, 1.165) is 22.8 Å². The van der Waals surface area contributed by atoms with Crippen LogP contribution in [0.15, 0.2) is 43.8 Å². The Morgan fingerprint density at radius 3 is 2.55 bits per heavy atom. The fourth-order valence-electron chi connectivity index (χ4n) is 2.37. The first kappa shape index (κ1) is 19.6. The Morgan fingerprint density at radius 2 is 1.86 bits per heavy atom. The Bertz CT molecular complexity index is 1100. The largest absolute Gasteiger partial charge is 0.416 e. The van der Waals surface area contributed by atoms with Gasteiger partial charge < -0.3 is 8.94 Å². The van der Waals surface area contributed by atoms with Crippen LogP contribution < -0.4 is 0 Å². The van der Waals surface area contributed by atoms with E-state index in [1.807, 2.05) is 12.3 Å². The molecule has 0 radical (unpaired) electrons. The lowest BCUT2D eigenvalue weighted by molar-refractivity contribution is -0.137. The van der Waals surface area contributed by atoms with Gasteiger partial charge in [-0.1, -0.05) is 29.1 Å². The lowest BCUT2D eigenvalue weighted by atomic mass is 10.1. The van der Waals surface area contributed by atoms with Gasteiger partial charge in [-0.3, -0.25) is 0 Å². The van der Waals surface area contributed by atoms with Crippen LogP contribution in [0.25, 0.3) is 11.4 Å². The van der Waals surface area contributed by atoms with Crippen molar-refractivity contribution in [2.45, 2.75) is 30.5 Å². The van der Waals surface area contributed by atoms with E-state index in [9.17, 15) is 13.2 Å². The van der Waals surface area contributed by atoms with E-state index >= 15 is 0 Å². The molecule has 7 nitrogen and oxygen atoms in total. The van der Waals surface area contributed by atoms with Gasteiger partial charge in [0.25, 0.3) is 5.22 Å². The van der Waals surface area contributed by atoms with Gasteiger partial charge in [0.05, 0.1) is 28.4 Å². The summed E-state index contributed by atoms with van der Waals surface area (Å²) in [4.78, 5) is 8.53. The number of hydrogen-bond donors (Lipinski definition) is 0. The number of aryl methyl sites for hydroxylation is 1. The maximum absolute atomic E-state index is 12.6. The van der Waals surface area contributed by atoms with E-state index in [-0.39, 0.29) is 11.6 Å². The topological polar surface area (TPSA) is 90.7 Å². The summed E-state index contributed by atoms with van der Waals surface area (Å²) in [6, 6.07) is 4.55. The Hall–Kier alpha value is -2.73. The normalized spacial score (nSPS) is 11.9. The SMILES string of the molecule is Cc1nc(Cc2nnc(SCc3nc(-c4ccc(C(F)(F)F)cc4)no3)o2)cs1. The molecule has 0 N–H and O–H groups in total. The van der Waals surface area contributed by atoms with E-state index in [1.54, 1.807) is 11.3 Å². The van der Waals surface area contributed by atoms with Gasteiger partial charge in [-0.05, 0) is 19.1 Å². The van der Waals surface area contributed by atoms with Crippen molar-refractivity contribution < 1.29 is 22.1 Å². The molecule has 29 heavy (non-hydrogen) atoms. The van der Waals surface area contributed by atoms with Crippen molar-refractivity contribution in [3.63, 3.8) is 0 Å². The molecule has 12 heteroatoms. The zero-order valence-corrected chi connectivity index (χ0v) is 16.4. The van der Waals surface area contributed by atoms with E-state index in [1.165, 1.54) is 23.9 Å². The minimum absolute atomic E-state index is 0.208. The van der Waals surface area contributed by atoms with Crippen molar-refractivity contribution in [1.82, 2.24) is 25.3 Å². The molecule has 0 saturated heterocycles. The predicted molar refractivity (Wildman–Crippen MR) is 98.3 cm³/mol. The Kier molecular flexibility index (Phi) is 5.37. The van der Waals surface area contributed by atoms with Gasteiger partial charge in [0, 0.05) is 10.9 Å². The molecule has 0 aliphatic carbocycles. The van der Waals surface area contributed by atoms with Crippen molar-refractivity contribution in [1.29, 1.82) is 0 Å².